The zero-order valence-electron chi connectivity index (χ0n) is 13.3. The molecule has 0 saturated carbocycles. The number of ether oxygens (including phenoxy) is 1. The van der Waals surface area contributed by atoms with Crippen molar-refractivity contribution in [2.45, 2.75) is 18.9 Å². The first-order chi connectivity index (χ1) is 12.1. The third-order valence-corrected chi connectivity index (χ3v) is 4.24. The molecule has 1 atom stereocenters. The summed E-state index contributed by atoms with van der Waals surface area (Å²) >= 11 is 0. The van der Waals surface area contributed by atoms with Gasteiger partial charge >= 0.3 is 0 Å². The van der Waals surface area contributed by atoms with Gasteiger partial charge in [-0.15, -0.1) is 0 Å². The first-order valence-corrected chi connectivity index (χ1v) is 8.01. The van der Waals surface area contributed by atoms with Gasteiger partial charge in [0.15, 0.2) is 0 Å². The molecule has 2 aliphatic rings. The van der Waals surface area contributed by atoms with Crippen molar-refractivity contribution >= 4 is 29.1 Å². The smallest absolute Gasteiger partial charge is 0.284 e. The summed E-state index contributed by atoms with van der Waals surface area (Å²) in [5, 5.41) is 2.77. The summed E-state index contributed by atoms with van der Waals surface area (Å²) in [6, 6.07) is 9.81. The summed E-state index contributed by atoms with van der Waals surface area (Å²) in [6.07, 6.45) is 2.58. The van der Waals surface area contributed by atoms with Crippen LogP contribution in [0.3, 0.4) is 0 Å². The minimum Gasteiger partial charge on any atom is -0.368 e. The van der Waals surface area contributed by atoms with E-state index in [2.05, 4.69) is 10.3 Å². The number of nitrogens with zero attached hydrogens (tertiary/aromatic N) is 2. The largest absolute Gasteiger partial charge is 0.368 e. The molecule has 2 aliphatic heterocycles. The van der Waals surface area contributed by atoms with Crippen LogP contribution in [0.15, 0.2) is 42.6 Å². The molecule has 1 fully saturated rings. The van der Waals surface area contributed by atoms with E-state index in [1.165, 1.54) is 6.20 Å². The number of nitrogens with one attached hydrogen (secondary N) is 1. The summed E-state index contributed by atoms with van der Waals surface area (Å²) in [6.45, 7) is 0.583. The van der Waals surface area contributed by atoms with Gasteiger partial charge in [0.2, 0.25) is 0 Å². The monoisotopic (exact) mass is 337 g/mol. The average molecular weight is 337 g/mol. The Balaban J connectivity index is 1.59. The Hall–Kier alpha value is -3.06. The lowest BCUT2D eigenvalue weighted by Crippen LogP contribution is -2.30. The van der Waals surface area contributed by atoms with Crippen molar-refractivity contribution in [3.63, 3.8) is 0 Å². The average Bonchev–Trinajstić information content (AvgIpc) is 3.24. The van der Waals surface area contributed by atoms with E-state index in [0.717, 1.165) is 11.3 Å². The third-order valence-electron chi connectivity index (χ3n) is 4.24. The SMILES string of the molecule is O=C(Nc1cccc(N2C(=O)c3cccnc3C2=O)c1)C1CCCO1. The van der Waals surface area contributed by atoms with E-state index in [0.29, 0.717) is 24.4 Å². The predicted octanol–water partition coefficient (Wildman–Crippen LogP) is 2.00. The predicted molar refractivity (Wildman–Crippen MR) is 89.4 cm³/mol. The zero-order chi connectivity index (χ0) is 17.4. The molecule has 7 nitrogen and oxygen atoms in total. The molecule has 0 aliphatic carbocycles. The van der Waals surface area contributed by atoms with Crippen LogP contribution in [0.2, 0.25) is 0 Å². The number of benzene rings is 1. The van der Waals surface area contributed by atoms with E-state index in [1.807, 2.05) is 0 Å². The Bertz CT molecular complexity index is 839. The van der Waals surface area contributed by atoms with Gasteiger partial charge < -0.3 is 10.1 Å². The van der Waals surface area contributed by atoms with Gasteiger partial charge in [-0.2, -0.15) is 0 Å². The highest BCUT2D eigenvalue weighted by molar-refractivity contribution is 6.33. The van der Waals surface area contributed by atoms with Gasteiger partial charge in [-0.3, -0.25) is 19.4 Å². The van der Waals surface area contributed by atoms with Crippen LogP contribution in [0.25, 0.3) is 0 Å². The van der Waals surface area contributed by atoms with Crippen molar-refractivity contribution in [1.82, 2.24) is 4.98 Å². The molecule has 1 aromatic carbocycles. The van der Waals surface area contributed by atoms with Gasteiger partial charge in [0, 0.05) is 18.5 Å². The number of carbonyl (C=O) groups excluding carboxylic acids is 3. The molecule has 3 heterocycles. The van der Waals surface area contributed by atoms with Crippen LogP contribution in [0, 0.1) is 0 Å². The second kappa shape index (κ2) is 6.10. The maximum absolute atomic E-state index is 12.5. The lowest BCUT2D eigenvalue weighted by atomic mass is 10.2. The van der Waals surface area contributed by atoms with Crippen LogP contribution in [0.5, 0.6) is 0 Å². The van der Waals surface area contributed by atoms with Gasteiger partial charge in [0.1, 0.15) is 11.8 Å². The first kappa shape index (κ1) is 15.5. The molecular formula is C18H15N3O4. The number of anilines is 2. The Morgan fingerprint density at radius 2 is 2.08 bits per heavy atom. The number of rotatable bonds is 3. The standard InChI is InChI=1S/C18H15N3O4/c22-16(14-7-3-9-25-14)20-11-4-1-5-12(10-11)21-17(23)13-6-2-8-19-15(13)18(21)24/h1-2,4-6,8,10,14H,3,7,9H2,(H,20,22). The van der Waals surface area contributed by atoms with Crippen LogP contribution >= 0.6 is 0 Å². The summed E-state index contributed by atoms with van der Waals surface area (Å²) in [7, 11) is 0. The van der Waals surface area contributed by atoms with Gasteiger partial charge in [0.05, 0.1) is 11.3 Å². The molecule has 0 bridgehead atoms. The summed E-state index contributed by atoms with van der Waals surface area (Å²) < 4.78 is 5.35. The van der Waals surface area contributed by atoms with Gasteiger partial charge in [-0.1, -0.05) is 6.07 Å². The minimum absolute atomic E-state index is 0.140. The van der Waals surface area contributed by atoms with E-state index in [9.17, 15) is 14.4 Å². The number of pyridine rings is 1. The fourth-order valence-corrected chi connectivity index (χ4v) is 3.03. The Kier molecular flexibility index (Phi) is 3.77. The third kappa shape index (κ3) is 2.68. The zero-order valence-corrected chi connectivity index (χ0v) is 13.3. The van der Waals surface area contributed by atoms with E-state index in [-0.39, 0.29) is 17.2 Å². The highest BCUT2D eigenvalue weighted by Crippen LogP contribution is 2.29. The lowest BCUT2D eigenvalue weighted by molar-refractivity contribution is -0.124. The van der Waals surface area contributed by atoms with Crippen molar-refractivity contribution in [1.29, 1.82) is 0 Å². The number of aromatic nitrogens is 1. The highest BCUT2D eigenvalue weighted by Gasteiger charge is 2.37. The van der Waals surface area contributed by atoms with E-state index < -0.39 is 17.9 Å². The molecular weight excluding hydrogens is 322 g/mol. The molecule has 25 heavy (non-hydrogen) atoms. The fraction of sp³-hybridized carbons (Fsp3) is 0.222. The van der Waals surface area contributed by atoms with Crippen molar-refractivity contribution in [2.75, 3.05) is 16.8 Å². The fourth-order valence-electron chi connectivity index (χ4n) is 3.03. The Morgan fingerprint density at radius 1 is 1.20 bits per heavy atom. The topological polar surface area (TPSA) is 88.6 Å². The molecule has 0 spiro atoms. The number of carbonyl (C=O) groups is 3. The number of hydrogen-bond acceptors (Lipinski definition) is 5. The number of fused-ring (bicyclic) bond motifs is 1. The van der Waals surface area contributed by atoms with Gasteiger partial charge in [-0.25, -0.2) is 4.90 Å². The number of hydrogen-bond donors (Lipinski definition) is 1. The van der Waals surface area contributed by atoms with Crippen LogP contribution in [-0.2, 0) is 9.53 Å². The summed E-state index contributed by atoms with van der Waals surface area (Å²) in [5.41, 5.74) is 1.31. The van der Waals surface area contributed by atoms with Crippen molar-refractivity contribution in [3.8, 4) is 0 Å². The molecule has 2 aromatic rings. The van der Waals surface area contributed by atoms with E-state index in [4.69, 9.17) is 4.74 Å². The number of imide groups is 1. The van der Waals surface area contributed by atoms with E-state index in [1.54, 1.807) is 36.4 Å². The first-order valence-electron chi connectivity index (χ1n) is 8.01. The Labute approximate surface area is 143 Å². The highest BCUT2D eigenvalue weighted by atomic mass is 16.5. The van der Waals surface area contributed by atoms with E-state index >= 15 is 0 Å². The number of amides is 3. The minimum atomic E-state index is -0.469. The Morgan fingerprint density at radius 3 is 2.84 bits per heavy atom. The molecule has 1 aromatic heterocycles. The van der Waals surface area contributed by atoms with Gasteiger partial charge in [0.25, 0.3) is 17.7 Å². The van der Waals surface area contributed by atoms with Crippen molar-refractivity contribution < 1.29 is 19.1 Å². The molecule has 126 valence electrons. The van der Waals surface area contributed by atoms with Gasteiger partial charge in [-0.05, 0) is 43.2 Å². The molecule has 4 rings (SSSR count). The molecule has 0 radical (unpaired) electrons. The molecule has 1 unspecified atom stereocenters. The molecule has 7 heteroatoms. The van der Waals surface area contributed by atoms with Crippen LogP contribution in [0.4, 0.5) is 11.4 Å². The van der Waals surface area contributed by atoms with Crippen LogP contribution in [-0.4, -0.2) is 35.4 Å². The normalized spacial score (nSPS) is 19.2. The lowest BCUT2D eigenvalue weighted by Gasteiger charge is -2.16. The summed E-state index contributed by atoms with van der Waals surface area (Å²) in [4.78, 5) is 42.2. The van der Waals surface area contributed by atoms with Crippen molar-refractivity contribution in [2.24, 2.45) is 0 Å². The quantitative estimate of drug-likeness (QED) is 0.866. The summed E-state index contributed by atoms with van der Waals surface area (Å²) in [5.74, 6) is -1.11. The van der Waals surface area contributed by atoms with Crippen LogP contribution < -0.4 is 10.2 Å². The maximum Gasteiger partial charge on any atom is 0.284 e. The maximum atomic E-state index is 12.5. The second-order valence-electron chi connectivity index (χ2n) is 5.89. The molecule has 1 saturated heterocycles. The van der Waals surface area contributed by atoms with Crippen molar-refractivity contribution in [3.05, 3.63) is 53.9 Å². The molecule has 1 N–H and O–H groups in total. The molecule has 3 amide bonds. The second-order valence-corrected chi connectivity index (χ2v) is 5.89. The van der Waals surface area contributed by atoms with Crippen LogP contribution in [0.1, 0.15) is 33.7 Å².